The predicted molar refractivity (Wildman–Crippen MR) is 105 cm³/mol. The Morgan fingerprint density at radius 3 is 2.58 bits per heavy atom. The van der Waals surface area contributed by atoms with Gasteiger partial charge in [0.1, 0.15) is 0 Å². The zero-order valence-corrected chi connectivity index (χ0v) is 15.8. The summed E-state index contributed by atoms with van der Waals surface area (Å²) >= 11 is 1.45. The highest BCUT2D eigenvalue weighted by atomic mass is 32.2. The van der Waals surface area contributed by atoms with E-state index in [0.717, 1.165) is 16.1 Å². The van der Waals surface area contributed by atoms with Gasteiger partial charge < -0.3 is 15.5 Å². The van der Waals surface area contributed by atoms with Crippen molar-refractivity contribution in [1.29, 1.82) is 0 Å². The van der Waals surface area contributed by atoms with E-state index in [-0.39, 0.29) is 24.3 Å². The van der Waals surface area contributed by atoms with Crippen LogP contribution in [0.4, 0.5) is 5.69 Å². The van der Waals surface area contributed by atoms with Crippen LogP contribution in [0.15, 0.2) is 59.5 Å². The second kappa shape index (κ2) is 8.38. The lowest BCUT2D eigenvalue weighted by Gasteiger charge is -2.26. The van der Waals surface area contributed by atoms with Gasteiger partial charge in [-0.15, -0.1) is 11.8 Å². The molecular formula is C20H23N3O2S. The lowest BCUT2D eigenvalue weighted by Crippen LogP contribution is -2.39. The average Bonchev–Trinajstić information content (AvgIpc) is 2.62. The normalized spacial score (nSPS) is 17.3. The summed E-state index contributed by atoms with van der Waals surface area (Å²) in [5, 5.41) is 5.55. The smallest absolute Gasteiger partial charge is 0.238 e. The number of likely N-dealkylation sites (N-methyl/N-ethyl adjacent to an activating group) is 1. The van der Waals surface area contributed by atoms with Crippen LogP contribution in [0.1, 0.15) is 18.0 Å². The molecule has 6 heteroatoms. The van der Waals surface area contributed by atoms with E-state index in [2.05, 4.69) is 10.6 Å². The Balaban J connectivity index is 1.66. The Morgan fingerprint density at radius 2 is 1.85 bits per heavy atom. The van der Waals surface area contributed by atoms with Crippen molar-refractivity contribution in [3.63, 3.8) is 0 Å². The third kappa shape index (κ3) is 4.65. The molecule has 0 aliphatic carbocycles. The van der Waals surface area contributed by atoms with Gasteiger partial charge in [0.05, 0.1) is 17.0 Å². The van der Waals surface area contributed by atoms with Crippen LogP contribution >= 0.6 is 11.8 Å². The Hall–Kier alpha value is -2.31. The summed E-state index contributed by atoms with van der Waals surface area (Å²) in [6.45, 7) is 0.697. The maximum Gasteiger partial charge on any atom is 0.238 e. The maximum absolute atomic E-state index is 12.6. The first-order valence-electron chi connectivity index (χ1n) is 8.58. The summed E-state index contributed by atoms with van der Waals surface area (Å²) in [6, 6.07) is 17.4. The van der Waals surface area contributed by atoms with Crippen LogP contribution in [0.2, 0.25) is 0 Å². The van der Waals surface area contributed by atoms with E-state index in [4.69, 9.17) is 0 Å². The Labute approximate surface area is 158 Å². The number of nitrogens with one attached hydrogen (secondary N) is 2. The first-order valence-corrected chi connectivity index (χ1v) is 9.46. The average molecular weight is 369 g/mol. The fraction of sp³-hybridized carbons (Fsp3) is 0.300. The molecule has 1 heterocycles. The molecule has 2 amide bonds. The second-order valence-electron chi connectivity index (χ2n) is 6.59. The minimum absolute atomic E-state index is 0.109. The van der Waals surface area contributed by atoms with E-state index < -0.39 is 5.25 Å². The van der Waals surface area contributed by atoms with Crippen molar-refractivity contribution >= 4 is 29.3 Å². The predicted octanol–water partition coefficient (Wildman–Crippen LogP) is 2.91. The van der Waals surface area contributed by atoms with Crippen molar-refractivity contribution in [3.05, 3.63) is 60.2 Å². The number of fused-ring (bicyclic) bond motifs is 1. The fourth-order valence-electron chi connectivity index (χ4n) is 2.93. The summed E-state index contributed by atoms with van der Waals surface area (Å²) in [5.41, 5.74) is 1.87. The third-order valence-electron chi connectivity index (χ3n) is 4.16. The van der Waals surface area contributed by atoms with E-state index in [1.54, 1.807) is 0 Å². The van der Waals surface area contributed by atoms with E-state index in [0.29, 0.717) is 6.54 Å². The number of anilines is 1. The zero-order valence-electron chi connectivity index (χ0n) is 14.9. The zero-order chi connectivity index (χ0) is 18.5. The van der Waals surface area contributed by atoms with Crippen LogP contribution in [0.3, 0.4) is 0 Å². The highest BCUT2D eigenvalue weighted by molar-refractivity contribution is 8.01. The lowest BCUT2D eigenvalue weighted by atomic mass is 10.1. The van der Waals surface area contributed by atoms with Gasteiger partial charge in [-0.25, -0.2) is 0 Å². The largest absolute Gasteiger partial charge is 0.348 e. The van der Waals surface area contributed by atoms with E-state index in [9.17, 15) is 9.59 Å². The highest BCUT2D eigenvalue weighted by Crippen LogP contribution is 2.36. The number of amides is 2. The SMILES string of the molecule is CN(C)C[C@@H](NC(=O)C[C@@H]1Sc2ccccc2NC1=O)c1ccccc1. The van der Waals surface area contributed by atoms with Crippen LogP contribution < -0.4 is 10.6 Å². The van der Waals surface area contributed by atoms with Gasteiger partial charge in [-0.3, -0.25) is 9.59 Å². The monoisotopic (exact) mass is 369 g/mol. The molecule has 26 heavy (non-hydrogen) atoms. The van der Waals surface area contributed by atoms with Crippen molar-refractivity contribution in [1.82, 2.24) is 10.2 Å². The summed E-state index contributed by atoms with van der Waals surface area (Å²) in [6.07, 6.45) is 0.154. The molecule has 3 rings (SSSR count). The second-order valence-corrected chi connectivity index (χ2v) is 7.83. The quantitative estimate of drug-likeness (QED) is 0.822. The Bertz CT molecular complexity index is 780. The number of rotatable bonds is 6. The van der Waals surface area contributed by atoms with Crippen molar-refractivity contribution in [2.45, 2.75) is 22.6 Å². The lowest BCUT2D eigenvalue weighted by molar-refractivity contribution is -0.124. The molecule has 0 saturated heterocycles. The first-order chi connectivity index (χ1) is 12.5. The fourth-order valence-corrected chi connectivity index (χ4v) is 4.04. The molecule has 0 bridgehead atoms. The number of thioether (sulfide) groups is 1. The molecule has 0 radical (unpaired) electrons. The molecule has 0 spiro atoms. The summed E-state index contributed by atoms with van der Waals surface area (Å²) in [4.78, 5) is 28.0. The third-order valence-corrected chi connectivity index (χ3v) is 5.44. The molecule has 2 aromatic carbocycles. The molecular weight excluding hydrogens is 346 g/mol. The minimum atomic E-state index is -0.416. The van der Waals surface area contributed by atoms with Crippen molar-refractivity contribution in [2.24, 2.45) is 0 Å². The van der Waals surface area contributed by atoms with E-state index in [1.807, 2.05) is 73.6 Å². The van der Waals surface area contributed by atoms with Gasteiger partial charge in [-0.05, 0) is 31.8 Å². The van der Waals surface area contributed by atoms with Crippen LogP contribution in [0.25, 0.3) is 0 Å². The summed E-state index contributed by atoms with van der Waals surface area (Å²) in [5.74, 6) is -0.236. The molecule has 0 aromatic heterocycles. The Kier molecular flexibility index (Phi) is 5.96. The summed E-state index contributed by atoms with van der Waals surface area (Å²) in [7, 11) is 3.95. The van der Waals surface area contributed by atoms with Crippen LogP contribution in [-0.4, -0.2) is 42.6 Å². The van der Waals surface area contributed by atoms with Crippen molar-refractivity contribution in [3.8, 4) is 0 Å². The van der Waals surface area contributed by atoms with Gasteiger partial charge in [-0.2, -0.15) is 0 Å². The highest BCUT2D eigenvalue weighted by Gasteiger charge is 2.29. The number of hydrogen-bond donors (Lipinski definition) is 2. The molecule has 2 atom stereocenters. The minimum Gasteiger partial charge on any atom is -0.348 e. The molecule has 2 aromatic rings. The van der Waals surface area contributed by atoms with E-state index in [1.165, 1.54) is 11.8 Å². The maximum atomic E-state index is 12.6. The molecule has 5 nitrogen and oxygen atoms in total. The van der Waals surface area contributed by atoms with Crippen LogP contribution in [0.5, 0.6) is 0 Å². The standard InChI is InChI=1S/C20H23N3O2S/c1-23(2)13-16(14-8-4-3-5-9-14)21-19(24)12-18-20(25)22-15-10-6-7-11-17(15)26-18/h3-11,16,18H,12-13H2,1-2H3,(H,21,24)(H,22,25)/t16-,18+/m1/s1. The molecule has 0 unspecified atom stereocenters. The van der Waals surface area contributed by atoms with Crippen LogP contribution in [0, 0.1) is 0 Å². The molecule has 1 aliphatic rings. The number of hydrogen-bond acceptors (Lipinski definition) is 4. The van der Waals surface area contributed by atoms with Gasteiger partial charge >= 0.3 is 0 Å². The van der Waals surface area contributed by atoms with Gasteiger partial charge in [-0.1, -0.05) is 42.5 Å². The first kappa shape index (κ1) is 18.5. The molecule has 1 aliphatic heterocycles. The van der Waals surface area contributed by atoms with Gasteiger partial charge in [0, 0.05) is 17.9 Å². The van der Waals surface area contributed by atoms with Gasteiger partial charge in [0.15, 0.2) is 0 Å². The Morgan fingerprint density at radius 1 is 1.15 bits per heavy atom. The number of nitrogens with zero attached hydrogens (tertiary/aromatic N) is 1. The molecule has 136 valence electrons. The number of carbonyl (C=O) groups excluding carboxylic acids is 2. The number of carbonyl (C=O) groups is 2. The number of benzene rings is 2. The van der Waals surface area contributed by atoms with Crippen LogP contribution in [-0.2, 0) is 9.59 Å². The van der Waals surface area contributed by atoms with Gasteiger partial charge in [0.25, 0.3) is 0 Å². The summed E-state index contributed by atoms with van der Waals surface area (Å²) < 4.78 is 0. The topological polar surface area (TPSA) is 61.4 Å². The molecule has 2 N–H and O–H groups in total. The molecule has 0 fully saturated rings. The van der Waals surface area contributed by atoms with E-state index >= 15 is 0 Å². The number of para-hydroxylation sites is 1. The van der Waals surface area contributed by atoms with Crippen molar-refractivity contribution in [2.75, 3.05) is 26.0 Å². The van der Waals surface area contributed by atoms with Crippen molar-refractivity contribution < 1.29 is 9.59 Å². The molecule has 0 saturated carbocycles. The van der Waals surface area contributed by atoms with Gasteiger partial charge in [0.2, 0.25) is 11.8 Å².